The van der Waals surface area contributed by atoms with Crippen LogP contribution < -0.4 is 10.2 Å². The van der Waals surface area contributed by atoms with Gasteiger partial charge in [-0.15, -0.1) is 0 Å². The third-order valence-corrected chi connectivity index (χ3v) is 3.37. The van der Waals surface area contributed by atoms with Gasteiger partial charge in [-0.25, -0.2) is 4.98 Å². The van der Waals surface area contributed by atoms with Crippen molar-refractivity contribution in [2.75, 3.05) is 44.9 Å². The van der Waals surface area contributed by atoms with Crippen LogP contribution in [0.3, 0.4) is 0 Å². The average molecular weight is 293 g/mol. The van der Waals surface area contributed by atoms with Crippen LogP contribution in [0.4, 0.5) is 5.82 Å². The molecule has 0 aromatic carbocycles. The summed E-state index contributed by atoms with van der Waals surface area (Å²) in [6, 6.07) is 5.76. The Morgan fingerprint density at radius 2 is 2.48 bits per heavy atom. The third-order valence-electron chi connectivity index (χ3n) is 3.37. The lowest BCUT2D eigenvalue weighted by Gasteiger charge is -2.18. The zero-order valence-electron chi connectivity index (χ0n) is 12.5. The van der Waals surface area contributed by atoms with Gasteiger partial charge in [0.1, 0.15) is 12.4 Å². The Labute approximate surface area is 125 Å². The van der Waals surface area contributed by atoms with Crippen LogP contribution in [0.1, 0.15) is 12.8 Å². The Hall–Kier alpha value is -1.66. The lowest BCUT2D eigenvalue weighted by Crippen LogP contribution is -2.35. The number of rotatable bonds is 8. The minimum Gasteiger partial charge on any atom is -0.376 e. The van der Waals surface area contributed by atoms with E-state index in [0.29, 0.717) is 19.7 Å². The van der Waals surface area contributed by atoms with Gasteiger partial charge in [-0.2, -0.15) is 0 Å². The Bertz CT molecular complexity index is 421. The summed E-state index contributed by atoms with van der Waals surface area (Å²) in [6.45, 7) is 2.66. The smallest absolute Gasteiger partial charge is 0.246 e. The van der Waals surface area contributed by atoms with Gasteiger partial charge in [0.05, 0.1) is 12.7 Å². The highest BCUT2D eigenvalue weighted by Crippen LogP contribution is 2.11. The summed E-state index contributed by atoms with van der Waals surface area (Å²) in [5, 5.41) is 2.83. The molecule has 1 aliphatic heterocycles. The molecule has 116 valence electrons. The highest BCUT2D eigenvalue weighted by molar-refractivity contribution is 5.77. The molecule has 1 saturated heterocycles. The van der Waals surface area contributed by atoms with Crippen LogP contribution in [0.25, 0.3) is 0 Å². The normalized spacial score (nSPS) is 17.7. The molecule has 1 aliphatic rings. The van der Waals surface area contributed by atoms with E-state index in [0.717, 1.165) is 25.3 Å². The van der Waals surface area contributed by atoms with Gasteiger partial charge in [0.15, 0.2) is 0 Å². The van der Waals surface area contributed by atoms with E-state index in [2.05, 4.69) is 10.3 Å². The van der Waals surface area contributed by atoms with E-state index in [9.17, 15) is 4.79 Å². The second-order valence-electron chi connectivity index (χ2n) is 5.11. The third kappa shape index (κ3) is 5.69. The van der Waals surface area contributed by atoms with E-state index < -0.39 is 0 Å². The standard InChI is InChI=1S/C15H23N3O3/c1-18(14-6-2-3-7-16-14)9-8-17-15(19)12-20-11-13-5-4-10-21-13/h2-3,6-7,13H,4-5,8-12H2,1H3,(H,17,19). The van der Waals surface area contributed by atoms with E-state index >= 15 is 0 Å². The van der Waals surface area contributed by atoms with Crippen LogP contribution in [0.2, 0.25) is 0 Å². The molecule has 0 bridgehead atoms. The van der Waals surface area contributed by atoms with Crippen molar-refractivity contribution in [3.05, 3.63) is 24.4 Å². The van der Waals surface area contributed by atoms with Crippen LogP contribution >= 0.6 is 0 Å². The Morgan fingerprint density at radius 1 is 1.57 bits per heavy atom. The van der Waals surface area contributed by atoms with E-state index in [1.54, 1.807) is 6.20 Å². The van der Waals surface area contributed by atoms with Crippen LogP contribution in [0, 0.1) is 0 Å². The van der Waals surface area contributed by atoms with Gasteiger partial charge in [-0.3, -0.25) is 4.79 Å². The molecule has 21 heavy (non-hydrogen) atoms. The summed E-state index contributed by atoms with van der Waals surface area (Å²) < 4.78 is 10.8. The zero-order chi connectivity index (χ0) is 14.9. The largest absolute Gasteiger partial charge is 0.376 e. The molecule has 1 amide bonds. The topological polar surface area (TPSA) is 63.7 Å². The van der Waals surface area contributed by atoms with Gasteiger partial charge in [0.25, 0.3) is 0 Å². The number of likely N-dealkylation sites (N-methyl/N-ethyl adjacent to an activating group) is 1. The summed E-state index contributed by atoms with van der Waals surface area (Å²) in [4.78, 5) is 17.9. The van der Waals surface area contributed by atoms with Gasteiger partial charge in [0, 0.05) is 32.9 Å². The Kier molecular flexibility index (Phi) is 6.43. The first-order valence-electron chi connectivity index (χ1n) is 7.34. The first kappa shape index (κ1) is 15.7. The number of aromatic nitrogens is 1. The molecule has 2 rings (SSSR count). The van der Waals surface area contributed by atoms with Gasteiger partial charge >= 0.3 is 0 Å². The highest BCUT2D eigenvalue weighted by Gasteiger charge is 2.15. The molecular formula is C15H23N3O3. The molecule has 0 aliphatic carbocycles. The number of carbonyl (C=O) groups excluding carboxylic acids is 1. The fourth-order valence-corrected chi connectivity index (χ4v) is 2.17. The summed E-state index contributed by atoms with van der Waals surface area (Å²) in [7, 11) is 1.95. The molecule has 0 saturated carbocycles. The predicted octanol–water partition coefficient (Wildman–Crippen LogP) is 0.830. The van der Waals surface area contributed by atoms with Crippen molar-refractivity contribution in [1.82, 2.24) is 10.3 Å². The summed E-state index contributed by atoms with van der Waals surface area (Å²) in [5.41, 5.74) is 0. The summed E-state index contributed by atoms with van der Waals surface area (Å²) in [5.74, 6) is 0.795. The highest BCUT2D eigenvalue weighted by atomic mass is 16.5. The van der Waals surface area contributed by atoms with Crippen molar-refractivity contribution in [3.8, 4) is 0 Å². The molecule has 1 atom stereocenters. The molecule has 1 aromatic heterocycles. The number of nitrogens with one attached hydrogen (secondary N) is 1. The molecular weight excluding hydrogens is 270 g/mol. The van der Waals surface area contributed by atoms with Crippen molar-refractivity contribution in [2.45, 2.75) is 18.9 Å². The molecule has 0 spiro atoms. The quantitative estimate of drug-likeness (QED) is 0.769. The molecule has 2 heterocycles. The monoisotopic (exact) mass is 293 g/mol. The van der Waals surface area contributed by atoms with Crippen molar-refractivity contribution in [2.24, 2.45) is 0 Å². The first-order valence-corrected chi connectivity index (χ1v) is 7.34. The SMILES string of the molecule is CN(CCNC(=O)COCC1CCCO1)c1ccccn1. The molecule has 0 radical (unpaired) electrons. The molecule has 1 unspecified atom stereocenters. The number of nitrogens with zero attached hydrogens (tertiary/aromatic N) is 2. The van der Waals surface area contributed by atoms with E-state index in [1.165, 1.54) is 0 Å². The van der Waals surface area contributed by atoms with Gasteiger partial charge in [0.2, 0.25) is 5.91 Å². The van der Waals surface area contributed by atoms with Gasteiger partial charge in [-0.05, 0) is 25.0 Å². The fourth-order valence-electron chi connectivity index (χ4n) is 2.17. The maximum Gasteiger partial charge on any atom is 0.246 e. The second-order valence-corrected chi connectivity index (χ2v) is 5.11. The molecule has 1 aromatic rings. The first-order chi connectivity index (χ1) is 10.3. The Morgan fingerprint density at radius 3 is 3.19 bits per heavy atom. The zero-order valence-corrected chi connectivity index (χ0v) is 12.5. The molecule has 1 N–H and O–H groups in total. The van der Waals surface area contributed by atoms with Crippen molar-refractivity contribution in [1.29, 1.82) is 0 Å². The van der Waals surface area contributed by atoms with Crippen LogP contribution in [0.15, 0.2) is 24.4 Å². The maximum atomic E-state index is 11.6. The number of amides is 1. The van der Waals surface area contributed by atoms with E-state index in [4.69, 9.17) is 9.47 Å². The lowest BCUT2D eigenvalue weighted by atomic mass is 10.2. The number of hydrogen-bond donors (Lipinski definition) is 1. The number of ether oxygens (including phenoxy) is 2. The van der Waals surface area contributed by atoms with Gasteiger partial charge < -0.3 is 19.7 Å². The predicted molar refractivity (Wildman–Crippen MR) is 80.3 cm³/mol. The molecule has 1 fully saturated rings. The van der Waals surface area contributed by atoms with Crippen molar-refractivity contribution < 1.29 is 14.3 Å². The number of hydrogen-bond acceptors (Lipinski definition) is 5. The summed E-state index contributed by atoms with van der Waals surface area (Å²) >= 11 is 0. The molecule has 6 heteroatoms. The maximum absolute atomic E-state index is 11.6. The number of carbonyl (C=O) groups is 1. The minimum atomic E-state index is -0.0950. The number of anilines is 1. The second kappa shape index (κ2) is 8.59. The Balaban J connectivity index is 1.54. The summed E-state index contributed by atoms with van der Waals surface area (Å²) in [6.07, 6.45) is 4.02. The minimum absolute atomic E-state index is 0.0904. The fraction of sp³-hybridized carbons (Fsp3) is 0.600. The van der Waals surface area contributed by atoms with Crippen LogP contribution in [0.5, 0.6) is 0 Å². The van der Waals surface area contributed by atoms with Crippen molar-refractivity contribution in [3.63, 3.8) is 0 Å². The van der Waals surface area contributed by atoms with Crippen molar-refractivity contribution >= 4 is 11.7 Å². The number of pyridine rings is 1. The van der Waals surface area contributed by atoms with E-state index in [-0.39, 0.29) is 18.6 Å². The van der Waals surface area contributed by atoms with Crippen LogP contribution in [-0.4, -0.2) is 57.0 Å². The molecule has 6 nitrogen and oxygen atoms in total. The van der Waals surface area contributed by atoms with E-state index in [1.807, 2.05) is 30.1 Å². The van der Waals surface area contributed by atoms with Gasteiger partial charge in [-0.1, -0.05) is 6.07 Å². The van der Waals surface area contributed by atoms with Crippen LogP contribution in [-0.2, 0) is 14.3 Å². The average Bonchev–Trinajstić information content (AvgIpc) is 3.01. The lowest BCUT2D eigenvalue weighted by molar-refractivity contribution is -0.126.